The van der Waals surface area contributed by atoms with Gasteiger partial charge in [-0.2, -0.15) is 5.26 Å². The van der Waals surface area contributed by atoms with Gasteiger partial charge in [0.1, 0.15) is 0 Å². The molecule has 0 radical (unpaired) electrons. The molecule has 2 aliphatic carbocycles. The van der Waals surface area contributed by atoms with Crippen LogP contribution < -0.4 is 5.32 Å². The number of nitriles is 1. The molecule has 3 heteroatoms. The van der Waals surface area contributed by atoms with Crippen LogP contribution in [0.25, 0.3) is 0 Å². The number of nitrogens with zero attached hydrogens (tertiary/aromatic N) is 1. The Morgan fingerprint density at radius 3 is 2.84 bits per heavy atom. The van der Waals surface area contributed by atoms with Gasteiger partial charge in [-0.05, 0) is 62.8 Å². The van der Waals surface area contributed by atoms with Gasteiger partial charge in [-0.3, -0.25) is 4.79 Å². The summed E-state index contributed by atoms with van der Waals surface area (Å²) in [7, 11) is 0. The molecule has 3 nitrogen and oxygen atoms in total. The van der Waals surface area contributed by atoms with Crippen LogP contribution in [0.1, 0.15) is 33.6 Å². The van der Waals surface area contributed by atoms with Crippen LogP contribution in [0.15, 0.2) is 34.9 Å². The van der Waals surface area contributed by atoms with Gasteiger partial charge in [0.05, 0.1) is 22.6 Å². The van der Waals surface area contributed by atoms with Gasteiger partial charge in [-0.25, -0.2) is 0 Å². The number of hydrogen-bond acceptors (Lipinski definition) is 2. The van der Waals surface area contributed by atoms with E-state index in [9.17, 15) is 10.1 Å². The zero-order valence-corrected chi connectivity index (χ0v) is 11.6. The van der Waals surface area contributed by atoms with Crippen LogP contribution in [0.5, 0.6) is 0 Å². The minimum atomic E-state index is -0.555. The van der Waals surface area contributed by atoms with Crippen LogP contribution in [0.4, 0.5) is 0 Å². The van der Waals surface area contributed by atoms with Crippen molar-refractivity contribution in [2.45, 2.75) is 39.2 Å². The predicted molar refractivity (Wildman–Crippen MR) is 72.9 cm³/mol. The van der Waals surface area contributed by atoms with Gasteiger partial charge in [0.2, 0.25) is 5.91 Å². The largest absolute Gasteiger partial charge is 0.346 e. The third-order valence-electron chi connectivity index (χ3n) is 4.72. The maximum absolute atomic E-state index is 12.3. The molecule has 0 bridgehead atoms. The highest BCUT2D eigenvalue weighted by Gasteiger charge is 2.54. The molecule has 3 aliphatic rings. The number of hydrogen-bond donors (Lipinski definition) is 1. The van der Waals surface area contributed by atoms with Crippen molar-refractivity contribution in [3.8, 4) is 6.07 Å². The molecule has 0 aromatic rings. The number of allylic oxidation sites excluding steroid dienone is 4. The molecule has 2 unspecified atom stereocenters. The lowest BCUT2D eigenvalue weighted by Gasteiger charge is -2.56. The molecule has 98 valence electrons. The minimum Gasteiger partial charge on any atom is -0.346 e. The average molecular weight is 254 g/mol. The van der Waals surface area contributed by atoms with E-state index >= 15 is 0 Å². The Morgan fingerprint density at radius 1 is 1.42 bits per heavy atom. The summed E-state index contributed by atoms with van der Waals surface area (Å²) in [5.74, 6) is 0.568. The van der Waals surface area contributed by atoms with Gasteiger partial charge in [-0.15, -0.1) is 0 Å². The van der Waals surface area contributed by atoms with Gasteiger partial charge in [0, 0.05) is 0 Å². The van der Waals surface area contributed by atoms with Crippen molar-refractivity contribution in [3.63, 3.8) is 0 Å². The number of carbonyl (C=O) groups is 1. The van der Waals surface area contributed by atoms with Gasteiger partial charge >= 0.3 is 0 Å². The highest BCUT2D eigenvalue weighted by atomic mass is 16.2. The molecule has 1 saturated carbocycles. The van der Waals surface area contributed by atoms with Gasteiger partial charge in [0.25, 0.3) is 0 Å². The van der Waals surface area contributed by atoms with Crippen molar-refractivity contribution in [2.24, 2.45) is 11.3 Å². The van der Waals surface area contributed by atoms with Gasteiger partial charge in [-0.1, -0.05) is 6.08 Å². The zero-order chi connectivity index (χ0) is 13.8. The van der Waals surface area contributed by atoms with Crippen molar-refractivity contribution in [3.05, 3.63) is 34.9 Å². The van der Waals surface area contributed by atoms with Gasteiger partial charge < -0.3 is 5.32 Å². The van der Waals surface area contributed by atoms with Crippen LogP contribution >= 0.6 is 0 Å². The van der Waals surface area contributed by atoms with Gasteiger partial charge in [0.15, 0.2) is 0 Å². The van der Waals surface area contributed by atoms with Crippen molar-refractivity contribution >= 4 is 5.91 Å². The van der Waals surface area contributed by atoms with E-state index < -0.39 is 5.41 Å². The smallest absolute Gasteiger partial charge is 0.230 e. The van der Waals surface area contributed by atoms with E-state index in [0.29, 0.717) is 11.5 Å². The van der Waals surface area contributed by atoms with Crippen LogP contribution in [0, 0.1) is 22.7 Å². The van der Waals surface area contributed by atoms with E-state index in [1.165, 1.54) is 5.57 Å². The summed E-state index contributed by atoms with van der Waals surface area (Å²) in [6.45, 7) is 5.98. The Hall–Kier alpha value is -1.82. The van der Waals surface area contributed by atoms with Crippen LogP contribution in [0.2, 0.25) is 0 Å². The first kappa shape index (κ1) is 12.2. The molecule has 1 heterocycles. The summed E-state index contributed by atoms with van der Waals surface area (Å²) in [6.07, 6.45) is 7.82. The minimum absolute atomic E-state index is 0.0605. The van der Waals surface area contributed by atoms with E-state index in [1.807, 2.05) is 26.0 Å². The summed E-state index contributed by atoms with van der Waals surface area (Å²) in [6, 6.07) is 2.21. The normalized spacial score (nSPS) is 39.6. The molecule has 1 N–H and O–H groups in total. The molecule has 0 aromatic heterocycles. The Morgan fingerprint density at radius 2 is 2.16 bits per heavy atom. The quantitative estimate of drug-likeness (QED) is 0.722. The monoisotopic (exact) mass is 254 g/mol. The van der Waals surface area contributed by atoms with E-state index in [1.54, 1.807) is 0 Å². The zero-order valence-electron chi connectivity index (χ0n) is 11.6. The van der Waals surface area contributed by atoms with Crippen molar-refractivity contribution in [1.29, 1.82) is 5.26 Å². The molecule has 1 aliphatic heterocycles. The Kier molecular flexibility index (Phi) is 2.32. The second-order valence-electron chi connectivity index (χ2n) is 6.49. The highest BCUT2D eigenvalue weighted by molar-refractivity contribution is 5.90. The molecule has 1 fully saturated rings. The topological polar surface area (TPSA) is 52.9 Å². The fraction of sp³-hybridized carbons (Fsp3) is 0.500. The lowest BCUT2D eigenvalue weighted by molar-refractivity contribution is -0.131. The molecular weight excluding hydrogens is 236 g/mol. The van der Waals surface area contributed by atoms with Crippen LogP contribution in [-0.4, -0.2) is 11.4 Å². The molecule has 2 atom stereocenters. The van der Waals surface area contributed by atoms with E-state index in [0.717, 1.165) is 18.4 Å². The first-order chi connectivity index (χ1) is 8.88. The SMILES string of the molecule is CC12CC3C/C=C/C(C#N)=C\C(=C31)C(C)(C)C(=O)N2. The second-order valence-corrected chi connectivity index (χ2v) is 6.49. The molecule has 0 saturated heterocycles. The van der Waals surface area contributed by atoms with E-state index in [2.05, 4.69) is 24.4 Å². The van der Waals surface area contributed by atoms with Crippen LogP contribution in [0.3, 0.4) is 0 Å². The summed E-state index contributed by atoms with van der Waals surface area (Å²) in [5, 5.41) is 12.3. The third kappa shape index (κ3) is 1.53. The van der Waals surface area contributed by atoms with Crippen molar-refractivity contribution < 1.29 is 4.79 Å². The lowest BCUT2D eigenvalue weighted by atomic mass is 9.55. The number of carbonyl (C=O) groups excluding carboxylic acids is 1. The first-order valence-electron chi connectivity index (χ1n) is 6.74. The van der Waals surface area contributed by atoms with Crippen LogP contribution in [-0.2, 0) is 4.79 Å². The summed E-state index contributed by atoms with van der Waals surface area (Å²) in [4.78, 5) is 12.3. The summed E-state index contributed by atoms with van der Waals surface area (Å²) in [5.41, 5.74) is 2.26. The maximum atomic E-state index is 12.3. The molecule has 0 spiro atoms. The number of rotatable bonds is 0. The summed E-state index contributed by atoms with van der Waals surface area (Å²) < 4.78 is 0. The van der Waals surface area contributed by atoms with Crippen molar-refractivity contribution in [2.75, 3.05) is 0 Å². The molecular formula is C16H18N2O. The number of amides is 1. The second kappa shape index (κ2) is 3.60. The average Bonchev–Trinajstić information content (AvgIpc) is 2.30. The lowest BCUT2D eigenvalue weighted by Crippen LogP contribution is -2.64. The highest BCUT2D eigenvalue weighted by Crippen LogP contribution is 2.54. The molecule has 0 aromatic carbocycles. The fourth-order valence-electron chi connectivity index (χ4n) is 3.62. The fourth-order valence-corrected chi connectivity index (χ4v) is 3.62. The number of nitrogens with one attached hydrogen (secondary N) is 1. The predicted octanol–water partition coefficient (Wildman–Crippen LogP) is 2.63. The van der Waals surface area contributed by atoms with E-state index in [4.69, 9.17) is 0 Å². The Balaban J connectivity index is 2.25. The Labute approximate surface area is 113 Å². The summed E-state index contributed by atoms with van der Waals surface area (Å²) >= 11 is 0. The standard InChI is InChI=1S/C16H18N2O/c1-15(2)12-7-10(9-17)5-4-6-11-8-16(3,13(11)12)18-14(15)19/h4-5,7,11H,6,8H2,1-3H3,(H,18,19)/b5-4+,10-7+. The molecule has 1 amide bonds. The Bertz CT molecular complexity index is 601. The van der Waals surface area contributed by atoms with Crippen molar-refractivity contribution in [1.82, 2.24) is 5.32 Å². The molecule has 3 rings (SSSR count). The maximum Gasteiger partial charge on any atom is 0.230 e. The van der Waals surface area contributed by atoms with E-state index in [-0.39, 0.29) is 11.4 Å². The third-order valence-corrected chi connectivity index (χ3v) is 4.72. The first-order valence-corrected chi connectivity index (χ1v) is 6.74. The molecule has 19 heavy (non-hydrogen) atoms.